The molecule has 6 rings (SSSR count). The minimum atomic E-state index is -2.44. The van der Waals surface area contributed by atoms with Crippen LogP contribution in [-0.2, 0) is 57.1 Å². The number of aliphatic hydroxyl groups excluding tert-OH is 1. The minimum absolute atomic E-state index is 0.0334. The van der Waals surface area contributed by atoms with E-state index in [0.29, 0.717) is 0 Å². The van der Waals surface area contributed by atoms with Crippen molar-refractivity contribution in [1.29, 1.82) is 0 Å². The molecule has 5 aliphatic rings. The van der Waals surface area contributed by atoms with Crippen molar-refractivity contribution in [2.24, 2.45) is 22.2 Å². The molecule has 0 radical (unpaired) electrons. The highest BCUT2D eigenvalue weighted by molar-refractivity contribution is 5.96. The van der Waals surface area contributed by atoms with Crippen molar-refractivity contribution in [1.82, 2.24) is 5.32 Å². The van der Waals surface area contributed by atoms with Gasteiger partial charge in [0.25, 0.3) is 0 Å². The standard InChI is InChI=1S/C43H55NO17/c1-20-23(57-34(49)28-30(39(6,7)35(50)58-28)44-36(51)60-38(3,4)5)18-43(53)32(59-33(48)22-15-13-12-14-16-22)29-41(10,31(47)27(56-21(2)45)26(20)40(43,8)9)24(46)17-25-42(29,19-55-25)61-37(52)54-11/h12-16,23-25,27-30,32,46,53H,17-19H2,1-11H3,(H,44,51)/t23-,24?,25+,27+,28?,29?,30+,32-,41+,42-,43+/m0/s1. The largest absolute Gasteiger partial charge is 0.508 e. The number of alkyl carbamates (subject to hydrolysis) is 1. The molecule has 1 amide bonds. The SMILES string of the molecule is COC(=O)O[C@@]12CO[C@@H]1CC(O)[C@@]1(C)C(=O)[C@H](OC(C)=O)C3=C(C)[C@@H](OC(=O)C4OC(=O)C(C)(C)[C@@H]4NC(=O)OC(C)(C)C)C[C@@](O)([C@@H](OC(=O)c4ccccc4)C12)C3(C)C. The summed E-state index contributed by atoms with van der Waals surface area (Å²) in [6.45, 7) is 14.4. The van der Waals surface area contributed by atoms with E-state index in [9.17, 15) is 39.0 Å². The zero-order valence-corrected chi connectivity index (χ0v) is 36.1. The molecule has 334 valence electrons. The van der Waals surface area contributed by atoms with Crippen molar-refractivity contribution in [2.45, 2.75) is 142 Å². The van der Waals surface area contributed by atoms with Crippen molar-refractivity contribution in [3.8, 4) is 0 Å². The smallest absolute Gasteiger partial charge is 0.455 e. The van der Waals surface area contributed by atoms with Crippen LogP contribution in [0.4, 0.5) is 9.59 Å². The van der Waals surface area contributed by atoms with Crippen LogP contribution < -0.4 is 5.32 Å². The number of carbonyl (C=O) groups excluding carboxylic acids is 7. The Morgan fingerprint density at radius 3 is 2.15 bits per heavy atom. The number of rotatable bonds is 7. The molecule has 2 aliphatic heterocycles. The molecule has 1 aromatic rings. The van der Waals surface area contributed by atoms with Crippen molar-refractivity contribution >= 4 is 41.9 Å². The minimum Gasteiger partial charge on any atom is -0.455 e. The Balaban J connectivity index is 1.55. The molecule has 0 aromatic heterocycles. The van der Waals surface area contributed by atoms with E-state index in [1.807, 2.05) is 0 Å². The molecule has 4 fully saturated rings. The van der Waals surface area contributed by atoms with Crippen molar-refractivity contribution in [3.63, 3.8) is 0 Å². The second-order valence-corrected chi connectivity index (χ2v) is 18.8. The normalized spacial score (nSPS) is 36.0. The quantitative estimate of drug-likeness (QED) is 0.202. The van der Waals surface area contributed by atoms with Crippen LogP contribution >= 0.6 is 0 Å². The Bertz CT molecular complexity index is 2040. The fourth-order valence-electron chi connectivity index (χ4n) is 9.87. The Hall–Kier alpha value is -5.07. The van der Waals surface area contributed by atoms with Gasteiger partial charge in [-0.3, -0.25) is 14.4 Å². The third-order valence-electron chi connectivity index (χ3n) is 13.3. The highest BCUT2D eigenvalue weighted by Gasteiger charge is 2.78. The summed E-state index contributed by atoms with van der Waals surface area (Å²) in [7, 11) is 1.06. The van der Waals surface area contributed by atoms with Crippen molar-refractivity contribution in [3.05, 3.63) is 47.0 Å². The lowest BCUT2D eigenvalue weighted by molar-refractivity contribution is -0.344. The first-order valence-corrected chi connectivity index (χ1v) is 20.1. The van der Waals surface area contributed by atoms with E-state index in [0.717, 1.165) is 14.0 Å². The number of esters is 4. The number of aliphatic hydroxyl groups is 2. The number of amides is 1. The van der Waals surface area contributed by atoms with Crippen LogP contribution in [0, 0.1) is 22.2 Å². The third-order valence-corrected chi connectivity index (χ3v) is 13.3. The van der Waals surface area contributed by atoms with Crippen LogP contribution in [-0.4, -0.2) is 125 Å². The summed E-state index contributed by atoms with van der Waals surface area (Å²) in [6.07, 6.45) is -12.7. The molecule has 0 spiro atoms. The molecule has 1 aromatic carbocycles. The number of hydrogen-bond donors (Lipinski definition) is 3. The van der Waals surface area contributed by atoms with Gasteiger partial charge in [-0.1, -0.05) is 32.0 Å². The summed E-state index contributed by atoms with van der Waals surface area (Å²) in [5, 5.41) is 28.3. The zero-order valence-electron chi connectivity index (χ0n) is 36.1. The number of ether oxygens (including phenoxy) is 8. The van der Waals surface area contributed by atoms with Crippen LogP contribution in [0.25, 0.3) is 0 Å². The van der Waals surface area contributed by atoms with Crippen LogP contribution in [0.2, 0.25) is 0 Å². The topological polar surface area (TPSA) is 246 Å². The lowest BCUT2D eigenvalue weighted by Gasteiger charge is -2.67. The lowest BCUT2D eigenvalue weighted by Crippen LogP contribution is -2.82. The van der Waals surface area contributed by atoms with Gasteiger partial charge in [0, 0.05) is 25.2 Å². The van der Waals surface area contributed by atoms with Gasteiger partial charge in [0.1, 0.15) is 29.5 Å². The lowest BCUT2D eigenvalue weighted by atomic mass is 9.44. The fraction of sp³-hybridized carbons (Fsp3) is 0.651. The van der Waals surface area contributed by atoms with E-state index < -0.39 is 137 Å². The molecule has 3 aliphatic carbocycles. The fourth-order valence-corrected chi connectivity index (χ4v) is 9.87. The van der Waals surface area contributed by atoms with Gasteiger partial charge in [0.2, 0.25) is 6.10 Å². The molecule has 2 saturated heterocycles. The Morgan fingerprint density at radius 2 is 1.59 bits per heavy atom. The second kappa shape index (κ2) is 15.4. The number of nitrogens with one attached hydrogen (secondary N) is 1. The van der Waals surface area contributed by atoms with E-state index in [4.69, 9.17) is 37.9 Å². The van der Waals surface area contributed by atoms with Gasteiger partial charge in [0.15, 0.2) is 17.5 Å². The first kappa shape index (κ1) is 45.5. The predicted molar refractivity (Wildman–Crippen MR) is 207 cm³/mol. The number of fused-ring (bicyclic) bond motifs is 5. The molecule has 61 heavy (non-hydrogen) atoms. The van der Waals surface area contributed by atoms with Crippen LogP contribution in [0.1, 0.15) is 92.4 Å². The van der Waals surface area contributed by atoms with Crippen LogP contribution in [0.15, 0.2) is 41.5 Å². The highest BCUT2D eigenvalue weighted by Crippen LogP contribution is 2.64. The summed E-state index contributed by atoms with van der Waals surface area (Å²) in [6, 6.07) is 6.43. The Kier molecular flexibility index (Phi) is 11.5. The first-order chi connectivity index (χ1) is 28.2. The highest BCUT2D eigenvalue weighted by atomic mass is 16.8. The molecular weight excluding hydrogens is 802 g/mol. The Labute approximate surface area is 352 Å². The number of hydrogen-bond acceptors (Lipinski definition) is 17. The number of cyclic esters (lactones) is 1. The van der Waals surface area contributed by atoms with E-state index in [1.165, 1.54) is 53.7 Å². The monoisotopic (exact) mass is 857 g/mol. The summed E-state index contributed by atoms with van der Waals surface area (Å²) >= 11 is 0. The maximum absolute atomic E-state index is 15.5. The van der Waals surface area contributed by atoms with Gasteiger partial charge in [-0.05, 0) is 71.7 Å². The Morgan fingerprint density at radius 1 is 0.951 bits per heavy atom. The predicted octanol–water partition coefficient (Wildman–Crippen LogP) is 3.27. The molecule has 18 heteroatoms. The van der Waals surface area contributed by atoms with E-state index in [-0.39, 0.29) is 23.1 Å². The summed E-state index contributed by atoms with van der Waals surface area (Å²) in [4.78, 5) is 96.3. The van der Waals surface area contributed by atoms with Crippen LogP contribution in [0.3, 0.4) is 0 Å². The van der Waals surface area contributed by atoms with Gasteiger partial charge in [0.05, 0.1) is 48.2 Å². The molecule has 11 atom stereocenters. The molecule has 2 heterocycles. The van der Waals surface area contributed by atoms with E-state index >= 15 is 4.79 Å². The van der Waals surface area contributed by atoms with Crippen LogP contribution in [0.5, 0.6) is 0 Å². The van der Waals surface area contributed by atoms with Crippen molar-refractivity contribution in [2.75, 3.05) is 13.7 Å². The molecule has 3 unspecified atom stereocenters. The number of Topliss-reactive ketones (excluding diaryl/α,β-unsaturated/α-hetero) is 1. The second-order valence-electron chi connectivity index (χ2n) is 18.8. The molecular formula is C43H55NO17. The summed E-state index contributed by atoms with van der Waals surface area (Å²) < 4.78 is 45.9. The number of benzene rings is 1. The zero-order chi connectivity index (χ0) is 45.4. The summed E-state index contributed by atoms with van der Waals surface area (Å²) in [5.41, 5.74) is -10.4. The third kappa shape index (κ3) is 7.33. The van der Waals surface area contributed by atoms with Crippen molar-refractivity contribution < 1.29 is 81.7 Å². The molecule has 2 bridgehead atoms. The number of methoxy groups -OCH3 is 1. The number of carbonyl (C=O) groups is 7. The summed E-state index contributed by atoms with van der Waals surface area (Å²) in [5.74, 6) is -6.42. The van der Waals surface area contributed by atoms with Gasteiger partial charge >= 0.3 is 36.1 Å². The van der Waals surface area contributed by atoms with E-state index in [2.05, 4.69) is 5.32 Å². The first-order valence-electron chi connectivity index (χ1n) is 20.1. The number of ketones is 1. The van der Waals surface area contributed by atoms with Gasteiger partial charge < -0.3 is 53.4 Å². The van der Waals surface area contributed by atoms with E-state index in [1.54, 1.807) is 39.0 Å². The van der Waals surface area contributed by atoms with Gasteiger partial charge in [-0.2, -0.15) is 0 Å². The van der Waals surface area contributed by atoms with Gasteiger partial charge in [-0.15, -0.1) is 0 Å². The molecule has 18 nitrogen and oxygen atoms in total. The maximum Gasteiger partial charge on any atom is 0.508 e. The molecule has 3 N–H and O–H groups in total. The maximum atomic E-state index is 15.5. The van der Waals surface area contributed by atoms with Gasteiger partial charge in [-0.25, -0.2) is 19.2 Å². The average molecular weight is 858 g/mol. The average Bonchev–Trinajstić information content (AvgIpc) is 3.38. The molecule has 2 saturated carbocycles.